The Bertz CT molecular complexity index is 1070. The zero-order valence-electron chi connectivity index (χ0n) is 14.7. The molecule has 0 aliphatic heterocycles. The maximum absolute atomic E-state index is 12.6. The number of imidazole rings is 1. The van der Waals surface area contributed by atoms with Crippen LogP contribution in [0.15, 0.2) is 43.0 Å². The fourth-order valence-corrected chi connectivity index (χ4v) is 3.13. The number of hydrogen-bond donors (Lipinski definition) is 1. The number of carbonyl (C=O) groups excluding carboxylic acids is 1. The quantitative estimate of drug-likeness (QED) is 0.569. The lowest BCUT2D eigenvalue weighted by molar-refractivity contribution is 0.102. The van der Waals surface area contributed by atoms with Crippen LogP contribution in [0, 0.1) is 13.8 Å². The van der Waals surface area contributed by atoms with Crippen molar-refractivity contribution in [3.63, 3.8) is 0 Å². The Labute approximate surface area is 159 Å². The summed E-state index contributed by atoms with van der Waals surface area (Å²) in [6.45, 7) is 4.15. The van der Waals surface area contributed by atoms with Crippen molar-refractivity contribution in [2.24, 2.45) is 0 Å². The lowest BCUT2D eigenvalue weighted by atomic mass is 10.2. The topological polar surface area (TPSA) is 103 Å². The van der Waals surface area contributed by atoms with Gasteiger partial charge in [0.1, 0.15) is 0 Å². The van der Waals surface area contributed by atoms with Gasteiger partial charge in [-0.05, 0) is 38.1 Å². The van der Waals surface area contributed by atoms with E-state index in [9.17, 15) is 4.79 Å². The number of aromatic nitrogens is 7. The number of carbonyl (C=O) groups is 1. The van der Waals surface area contributed by atoms with Crippen LogP contribution in [0.25, 0.3) is 5.69 Å². The highest BCUT2D eigenvalue weighted by Gasteiger charge is 2.18. The van der Waals surface area contributed by atoms with Crippen LogP contribution in [0.5, 0.6) is 0 Å². The Morgan fingerprint density at radius 1 is 1.19 bits per heavy atom. The summed E-state index contributed by atoms with van der Waals surface area (Å²) in [7, 11) is 0. The molecule has 1 aromatic carbocycles. The van der Waals surface area contributed by atoms with Gasteiger partial charge in [-0.3, -0.25) is 4.79 Å². The molecule has 1 N–H and O–H groups in total. The first kappa shape index (κ1) is 17.0. The molecule has 0 atom stereocenters. The van der Waals surface area contributed by atoms with E-state index in [4.69, 9.17) is 0 Å². The monoisotopic (exact) mass is 380 g/mol. The molecule has 0 unspecified atom stereocenters. The summed E-state index contributed by atoms with van der Waals surface area (Å²) in [6, 6.07) is 7.46. The third-order valence-electron chi connectivity index (χ3n) is 4.17. The number of benzene rings is 1. The fourth-order valence-electron chi connectivity index (χ4n) is 2.57. The molecule has 4 rings (SSSR count). The van der Waals surface area contributed by atoms with Gasteiger partial charge in [0.25, 0.3) is 5.91 Å². The van der Waals surface area contributed by atoms with Crippen molar-refractivity contribution < 1.29 is 4.79 Å². The van der Waals surface area contributed by atoms with Gasteiger partial charge >= 0.3 is 0 Å². The third kappa shape index (κ3) is 3.47. The third-order valence-corrected chi connectivity index (χ3v) is 4.83. The van der Waals surface area contributed by atoms with Crippen molar-refractivity contribution in [1.82, 2.24) is 33.3 Å². The van der Waals surface area contributed by atoms with Crippen LogP contribution in [0.4, 0.5) is 5.69 Å². The van der Waals surface area contributed by atoms with Crippen molar-refractivity contribution in [1.29, 1.82) is 0 Å². The average Bonchev–Trinajstić information content (AvgIpc) is 3.40. The van der Waals surface area contributed by atoms with Crippen molar-refractivity contribution in [2.45, 2.75) is 20.4 Å². The van der Waals surface area contributed by atoms with Crippen molar-refractivity contribution >= 4 is 23.3 Å². The van der Waals surface area contributed by atoms with Crippen molar-refractivity contribution in [3.05, 3.63) is 65.8 Å². The number of aryl methyl sites for hydroxylation is 1. The van der Waals surface area contributed by atoms with Crippen LogP contribution in [0.3, 0.4) is 0 Å². The molecule has 10 heteroatoms. The first-order chi connectivity index (χ1) is 13.1. The standard InChI is InChI=1S/C17H16N8OS/c1-11-15(22-27-21-11)9-25-12(2)16(20-23-25)17(26)19-13-3-5-14(6-4-13)24-8-7-18-10-24/h3-8,10H,9H2,1-2H3,(H,19,26). The summed E-state index contributed by atoms with van der Waals surface area (Å²) < 4.78 is 11.9. The fraction of sp³-hybridized carbons (Fsp3) is 0.176. The van der Waals surface area contributed by atoms with E-state index < -0.39 is 0 Å². The Hall–Kier alpha value is -3.40. The first-order valence-corrected chi connectivity index (χ1v) is 8.92. The van der Waals surface area contributed by atoms with Crippen LogP contribution in [-0.2, 0) is 6.54 Å². The molecule has 3 aromatic heterocycles. The number of amides is 1. The molecule has 27 heavy (non-hydrogen) atoms. The molecule has 0 saturated carbocycles. The Morgan fingerprint density at radius 2 is 2.00 bits per heavy atom. The van der Waals surface area contributed by atoms with Gasteiger partial charge < -0.3 is 9.88 Å². The lowest BCUT2D eigenvalue weighted by Crippen LogP contribution is -2.14. The molecule has 4 aromatic rings. The molecule has 9 nitrogen and oxygen atoms in total. The van der Waals surface area contributed by atoms with E-state index in [0.717, 1.165) is 28.8 Å². The van der Waals surface area contributed by atoms with E-state index in [2.05, 4.69) is 29.4 Å². The molecule has 0 fully saturated rings. The highest BCUT2D eigenvalue weighted by Crippen LogP contribution is 2.15. The summed E-state index contributed by atoms with van der Waals surface area (Å²) >= 11 is 1.16. The second kappa shape index (κ2) is 7.08. The van der Waals surface area contributed by atoms with E-state index in [1.807, 2.05) is 48.9 Å². The van der Waals surface area contributed by atoms with Gasteiger partial charge in [-0.25, -0.2) is 9.67 Å². The summed E-state index contributed by atoms with van der Waals surface area (Å²) in [5.41, 5.74) is 4.29. The second-order valence-corrected chi connectivity index (χ2v) is 6.48. The molecule has 0 aliphatic rings. The Balaban J connectivity index is 1.48. The smallest absolute Gasteiger partial charge is 0.278 e. The molecule has 0 radical (unpaired) electrons. The molecule has 0 saturated heterocycles. The van der Waals surface area contributed by atoms with E-state index in [-0.39, 0.29) is 11.6 Å². The summed E-state index contributed by atoms with van der Waals surface area (Å²) in [4.78, 5) is 16.6. The van der Waals surface area contributed by atoms with Crippen LogP contribution in [0.2, 0.25) is 0 Å². The molecule has 0 aliphatic carbocycles. The molecule has 1 amide bonds. The second-order valence-electron chi connectivity index (χ2n) is 5.95. The maximum Gasteiger partial charge on any atom is 0.278 e. The summed E-state index contributed by atoms with van der Waals surface area (Å²) in [5, 5.41) is 10.9. The minimum atomic E-state index is -0.303. The highest BCUT2D eigenvalue weighted by molar-refractivity contribution is 6.99. The van der Waals surface area contributed by atoms with Gasteiger partial charge in [0, 0.05) is 23.8 Å². The van der Waals surface area contributed by atoms with E-state index >= 15 is 0 Å². The van der Waals surface area contributed by atoms with Gasteiger partial charge in [0.2, 0.25) is 0 Å². The van der Waals surface area contributed by atoms with Crippen LogP contribution >= 0.6 is 11.7 Å². The molecular formula is C17H16N8OS. The number of nitrogens with one attached hydrogen (secondary N) is 1. The number of rotatable bonds is 5. The summed E-state index contributed by atoms with van der Waals surface area (Å²) in [6.07, 6.45) is 5.29. The highest BCUT2D eigenvalue weighted by atomic mass is 32.1. The Kier molecular flexibility index (Phi) is 4.47. The largest absolute Gasteiger partial charge is 0.321 e. The van der Waals surface area contributed by atoms with Crippen LogP contribution < -0.4 is 5.32 Å². The predicted molar refractivity (Wildman–Crippen MR) is 100 cm³/mol. The van der Waals surface area contributed by atoms with Crippen molar-refractivity contribution in [2.75, 3.05) is 5.32 Å². The maximum atomic E-state index is 12.6. The normalized spacial score (nSPS) is 10.9. The van der Waals surface area contributed by atoms with Gasteiger partial charge in [-0.2, -0.15) is 8.75 Å². The number of nitrogens with zero attached hydrogens (tertiary/aromatic N) is 7. The average molecular weight is 380 g/mol. The van der Waals surface area contributed by atoms with E-state index in [1.54, 1.807) is 17.2 Å². The van der Waals surface area contributed by atoms with Gasteiger partial charge in [0.05, 0.1) is 41.7 Å². The molecular weight excluding hydrogens is 364 g/mol. The first-order valence-electron chi connectivity index (χ1n) is 8.19. The van der Waals surface area contributed by atoms with Gasteiger partial charge in [-0.1, -0.05) is 5.21 Å². The zero-order chi connectivity index (χ0) is 18.8. The predicted octanol–water partition coefficient (Wildman–Crippen LogP) is 2.23. The van der Waals surface area contributed by atoms with Crippen molar-refractivity contribution in [3.8, 4) is 5.69 Å². The minimum Gasteiger partial charge on any atom is -0.321 e. The number of anilines is 1. The Morgan fingerprint density at radius 3 is 2.67 bits per heavy atom. The van der Waals surface area contributed by atoms with E-state index in [0.29, 0.717) is 17.9 Å². The SMILES string of the molecule is Cc1nsnc1Cn1nnc(C(=O)Nc2ccc(-n3ccnc3)cc2)c1C. The number of hydrogen-bond acceptors (Lipinski definition) is 7. The molecule has 0 spiro atoms. The van der Waals surface area contributed by atoms with Gasteiger partial charge in [0.15, 0.2) is 5.69 Å². The van der Waals surface area contributed by atoms with E-state index in [1.165, 1.54) is 0 Å². The molecule has 3 heterocycles. The zero-order valence-corrected chi connectivity index (χ0v) is 15.5. The van der Waals surface area contributed by atoms with Crippen LogP contribution in [-0.4, -0.2) is 39.2 Å². The van der Waals surface area contributed by atoms with Gasteiger partial charge in [-0.15, -0.1) is 5.10 Å². The summed E-state index contributed by atoms with van der Waals surface area (Å²) in [5.74, 6) is -0.303. The molecule has 0 bridgehead atoms. The molecule has 136 valence electrons. The lowest BCUT2D eigenvalue weighted by Gasteiger charge is -2.06. The minimum absolute atomic E-state index is 0.287. The van der Waals surface area contributed by atoms with Crippen LogP contribution in [0.1, 0.15) is 27.6 Å².